The number of carbonyl (C=O) groups excluding carboxylic acids is 1. The second-order valence-electron chi connectivity index (χ2n) is 6.87. The fourth-order valence-electron chi connectivity index (χ4n) is 2.86. The molecule has 0 heterocycles. The molecule has 2 aromatic rings. The molecule has 0 radical (unpaired) electrons. The van der Waals surface area contributed by atoms with Gasteiger partial charge in [-0.25, -0.2) is 4.39 Å². The lowest BCUT2D eigenvalue weighted by molar-refractivity contribution is 0.0988. The maximum Gasteiger partial charge on any atom is 0.176 e. The van der Waals surface area contributed by atoms with Crippen molar-refractivity contribution in [2.75, 3.05) is 53.3 Å². The molecule has 1 atom stereocenters. The minimum Gasteiger partial charge on any atom is -0.494 e. The van der Waals surface area contributed by atoms with Gasteiger partial charge in [0.1, 0.15) is 0 Å². The Hall–Kier alpha value is -2.44. The van der Waals surface area contributed by atoms with Gasteiger partial charge in [0.2, 0.25) is 0 Å². The van der Waals surface area contributed by atoms with Crippen LogP contribution in [-0.4, -0.2) is 59.1 Å². The summed E-state index contributed by atoms with van der Waals surface area (Å²) in [6.45, 7) is 0.755. The maximum atomic E-state index is 13.8. The zero-order valence-corrected chi connectivity index (χ0v) is 16.6. The third-order valence-electron chi connectivity index (χ3n) is 4.51. The summed E-state index contributed by atoms with van der Waals surface area (Å²) in [5, 5.41) is 3.19. The first-order valence-corrected chi connectivity index (χ1v) is 8.84. The minimum atomic E-state index is -0.532. The third-order valence-corrected chi connectivity index (χ3v) is 4.51. The van der Waals surface area contributed by atoms with Crippen LogP contribution in [0.15, 0.2) is 42.5 Å². The molecule has 0 aliphatic rings. The van der Waals surface area contributed by atoms with Gasteiger partial charge < -0.3 is 19.9 Å². The highest BCUT2D eigenvalue weighted by Crippen LogP contribution is 2.21. The van der Waals surface area contributed by atoms with E-state index in [1.54, 1.807) is 6.07 Å². The second-order valence-corrected chi connectivity index (χ2v) is 6.87. The van der Waals surface area contributed by atoms with Crippen molar-refractivity contribution in [3.05, 3.63) is 59.4 Å². The topological polar surface area (TPSA) is 44.8 Å². The number of ketones is 1. The molecule has 0 aliphatic carbocycles. The smallest absolute Gasteiger partial charge is 0.176 e. The van der Waals surface area contributed by atoms with Crippen molar-refractivity contribution in [1.82, 2.24) is 10.2 Å². The maximum absolute atomic E-state index is 13.8. The van der Waals surface area contributed by atoms with E-state index < -0.39 is 5.82 Å². The highest BCUT2D eigenvalue weighted by molar-refractivity contribution is 5.97. The van der Waals surface area contributed by atoms with Gasteiger partial charge >= 0.3 is 0 Å². The Morgan fingerprint density at radius 1 is 1.11 bits per heavy atom. The summed E-state index contributed by atoms with van der Waals surface area (Å²) < 4.78 is 18.7. The van der Waals surface area contributed by atoms with Crippen LogP contribution in [0.25, 0.3) is 0 Å². The average Bonchev–Trinajstić information content (AvgIpc) is 2.64. The molecule has 0 fully saturated rings. The van der Waals surface area contributed by atoms with Gasteiger partial charge in [0.15, 0.2) is 17.3 Å². The van der Waals surface area contributed by atoms with Crippen molar-refractivity contribution in [2.24, 2.45) is 0 Å². The summed E-state index contributed by atoms with van der Waals surface area (Å²) in [6, 6.07) is 12.7. The Balaban J connectivity index is 1.98. The van der Waals surface area contributed by atoms with Gasteiger partial charge in [0, 0.05) is 37.9 Å². The second kappa shape index (κ2) is 9.48. The first-order valence-electron chi connectivity index (χ1n) is 8.84. The van der Waals surface area contributed by atoms with E-state index in [1.807, 2.05) is 28.2 Å². The number of methoxy groups -OCH3 is 1. The Morgan fingerprint density at radius 3 is 2.30 bits per heavy atom. The van der Waals surface area contributed by atoms with Crippen molar-refractivity contribution in [3.8, 4) is 5.75 Å². The van der Waals surface area contributed by atoms with Gasteiger partial charge in [0.25, 0.3) is 0 Å². The molecule has 0 amide bonds. The molecule has 6 heteroatoms. The fraction of sp³-hybridized carbons (Fsp3) is 0.381. The van der Waals surface area contributed by atoms with Gasteiger partial charge in [0.05, 0.1) is 13.7 Å². The number of carbonyl (C=O) groups is 1. The van der Waals surface area contributed by atoms with Gasteiger partial charge in [-0.2, -0.15) is 0 Å². The monoisotopic (exact) mass is 373 g/mol. The summed E-state index contributed by atoms with van der Waals surface area (Å²) in [5.41, 5.74) is 2.64. The molecule has 0 spiro atoms. The van der Waals surface area contributed by atoms with Crippen LogP contribution < -0.4 is 15.0 Å². The first-order chi connectivity index (χ1) is 12.8. The van der Waals surface area contributed by atoms with E-state index >= 15 is 0 Å². The van der Waals surface area contributed by atoms with Gasteiger partial charge in [-0.15, -0.1) is 0 Å². The quantitative estimate of drug-likeness (QED) is 0.685. The predicted molar refractivity (Wildman–Crippen MR) is 107 cm³/mol. The molecular formula is C21H28FN3O2. The number of benzene rings is 2. The number of hydrogen-bond donors (Lipinski definition) is 1. The Morgan fingerprint density at radius 2 is 1.78 bits per heavy atom. The van der Waals surface area contributed by atoms with Gasteiger partial charge in [-0.1, -0.05) is 12.1 Å². The van der Waals surface area contributed by atoms with Gasteiger partial charge in [-0.3, -0.25) is 4.79 Å². The van der Waals surface area contributed by atoms with E-state index in [0.717, 1.165) is 5.69 Å². The lowest BCUT2D eigenvalue weighted by Gasteiger charge is -2.26. The summed E-state index contributed by atoms with van der Waals surface area (Å²) >= 11 is 0. The molecule has 2 aromatic carbocycles. The van der Waals surface area contributed by atoms with Crippen molar-refractivity contribution in [1.29, 1.82) is 0 Å². The number of ether oxygens (including phenoxy) is 1. The highest BCUT2D eigenvalue weighted by atomic mass is 19.1. The van der Waals surface area contributed by atoms with E-state index in [2.05, 4.69) is 39.4 Å². The lowest BCUT2D eigenvalue weighted by atomic mass is 10.0. The number of halogens is 1. The molecule has 0 aliphatic heterocycles. The molecule has 1 N–H and O–H groups in total. The summed E-state index contributed by atoms with van der Waals surface area (Å²) in [5.74, 6) is -0.555. The summed E-state index contributed by atoms with van der Waals surface area (Å²) in [6.07, 6.45) is 0. The average molecular weight is 373 g/mol. The molecule has 2 rings (SSSR count). The van der Waals surface area contributed by atoms with Crippen LogP contribution in [0.2, 0.25) is 0 Å². The van der Waals surface area contributed by atoms with Crippen LogP contribution in [0.5, 0.6) is 5.75 Å². The molecule has 5 nitrogen and oxygen atoms in total. The molecule has 0 bridgehead atoms. The van der Waals surface area contributed by atoms with Crippen molar-refractivity contribution < 1.29 is 13.9 Å². The third kappa shape index (κ3) is 5.52. The van der Waals surface area contributed by atoms with Crippen LogP contribution in [0, 0.1) is 5.82 Å². The molecular weight excluding hydrogens is 345 g/mol. The molecule has 27 heavy (non-hydrogen) atoms. The van der Waals surface area contributed by atoms with E-state index in [1.165, 1.54) is 24.8 Å². The number of nitrogens with zero attached hydrogens (tertiary/aromatic N) is 2. The molecule has 146 valence electrons. The normalized spacial score (nSPS) is 12.1. The Bertz CT molecular complexity index is 761. The predicted octanol–water partition coefficient (Wildman–Crippen LogP) is 2.98. The largest absolute Gasteiger partial charge is 0.494 e. The zero-order chi connectivity index (χ0) is 20.0. The number of rotatable bonds is 9. The van der Waals surface area contributed by atoms with Crippen LogP contribution in [-0.2, 0) is 0 Å². The van der Waals surface area contributed by atoms with Crippen LogP contribution in [0.4, 0.5) is 10.1 Å². The van der Waals surface area contributed by atoms with E-state index in [9.17, 15) is 9.18 Å². The van der Waals surface area contributed by atoms with E-state index in [0.29, 0.717) is 12.1 Å². The van der Waals surface area contributed by atoms with Crippen LogP contribution >= 0.6 is 0 Å². The summed E-state index contributed by atoms with van der Waals surface area (Å²) in [7, 11) is 9.43. The zero-order valence-electron chi connectivity index (χ0n) is 16.6. The van der Waals surface area contributed by atoms with Gasteiger partial charge in [-0.05, 0) is 50.0 Å². The molecule has 1 unspecified atom stereocenters. The standard InChI is InChI=1S/C21H28FN3O2/c1-24(2)17-9-6-15(7-10-17)19(25(3)4)13-23-14-20(26)16-8-11-21(27-5)18(22)12-16/h6-12,19,23H,13-14H2,1-5H3. The van der Waals surface area contributed by atoms with Crippen LogP contribution in [0.1, 0.15) is 22.0 Å². The Kier molecular flexibility index (Phi) is 7.33. The number of likely N-dealkylation sites (N-methyl/N-ethyl adjacent to an activating group) is 1. The number of hydrogen-bond acceptors (Lipinski definition) is 5. The SMILES string of the molecule is COc1ccc(C(=O)CNCC(c2ccc(N(C)C)cc2)N(C)C)cc1F. The molecule has 0 saturated carbocycles. The van der Waals surface area contributed by atoms with Crippen LogP contribution in [0.3, 0.4) is 0 Å². The number of nitrogens with one attached hydrogen (secondary N) is 1. The summed E-state index contributed by atoms with van der Waals surface area (Å²) in [4.78, 5) is 16.5. The first kappa shape index (κ1) is 20.9. The van der Waals surface area contributed by atoms with E-state index in [4.69, 9.17) is 4.74 Å². The Labute approximate surface area is 160 Å². The number of Topliss-reactive ketones (excluding diaryl/α,β-unsaturated/α-hetero) is 1. The van der Waals surface area contributed by atoms with Crippen molar-refractivity contribution in [2.45, 2.75) is 6.04 Å². The molecule has 0 aromatic heterocycles. The highest BCUT2D eigenvalue weighted by Gasteiger charge is 2.15. The fourth-order valence-corrected chi connectivity index (χ4v) is 2.86. The van der Waals surface area contributed by atoms with Crippen molar-refractivity contribution >= 4 is 11.5 Å². The minimum absolute atomic E-state index is 0.126. The van der Waals surface area contributed by atoms with Crippen molar-refractivity contribution in [3.63, 3.8) is 0 Å². The van der Waals surface area contributed by atoms with E-state index in [-0.39, 0.29) is 24.1 Å². The molecule has 0 saturated heterocycles. The number of anilines is 1. The lowest BCUT2D eigenvalue weighted by Crippen LogP contribution is -2.33.